The van der Waals surface area contributed by atoms with Crippen molar-refractivity contribution in [3.05, 3.63) is 45.5 Å². The Morgan fingerprint density at radius 2 is 1.76 bits per heavy atom. The minimum Gasteiger partial charge on any atom is -0.538 e. The molecule has 0 radical (unpaired) electrons. The summed E-state index contributed by atoms with van der Waals surface area (Å²) in [4.78, 5) is 12.7. The Labute approximate surface area is 134 Å². The molecule has 2 rings (SSSR count). The number of rotatable bonds is 3. The van der Waals surface area contributed by atoms with Crippen LogP contribution >= 0.6 is 23.2 Å². The summed E-state index contributed by atoms with van der Waals surface area (Å²) in [6.07, 6.45) is 0. The van der Waals surface area contributed by atoms with Crippen LogP contribution in [-0.2, 0) is 19.6 Å². The van der Waals surface area contributed by atoms with Crippen LogP contribution in [0.25, 0.3) is 0 Å². The Morgan fingerprint density at radius 3 is 2.24 bits per heavy atom. The fourth-order valence-electron chi connectivity index (χ4n) is 2.16. The van der Waals surface area contributed by atoms with Gasteiger partial charge in [0.15, 0.2) is 0 Å². The van der Waals surface area contributed by atoms with Gasteiger partial charge in [0.2, 0.25) is 31.3 Å². The average Bonchev–Trinajstić information content (AvgIpc) is 2.52. The summed E-state index contributed by atoms with van der Waals surface area (Å²) in [5.41, 5.74) is 4.87. The molecule has 0 amide bonds. The van der Waals surface area contributed by atoms with Crippen LogP contribution in [0.5, 0.6) is 0 Å². The summed E-state index contributed by atoms with van der Waals surface area (Å²) in [5.74, 6) is -0.328. The van der Waals surface area contributed by atoms with Gasteiger partial charge in [-0.25, -0.2) is 0 Å². The van der Waals surface area contributed by atoms with Crippen LogP contribution in [0.1, 0.15) is 12.5 Å². The highest BCUT2D eigenvalue weighted by Crippen LogP contribution is 2.44. The maximum Gasteiger partial charge on any atom is 0.249 e. The van der Waals surface area contributed by atoms with E-state index >= 15 is 0 Å². The maximum atomic E-state index is 12.7. The lowest BCUT2D eigenvalue weighted by atomic mass is 9.91. The lowest BCUT2D eigenvalue weighted by Crippen LogP contribution is -2.34. The third kappa shape index (κ3) is 2.91. The molecule has 1 aliphatic rings. The van der Waals surface area contributed by atoms with Crippen molar-refractivity contribution in [3.8, 4) is 0 Å². The fourth-order valence-corrected chi connectivity index (χ4v) is 3.73. The zero-order valence-corrected chi connectivity index (χ0v) is 14.8. The number of ketones is 1. The van der Waals surface area contributed by atoms with Gasteiger partial charge in [0.1, 0.15) is 0 Å². The molecule has 0 spiro atoms. The van der Waals surface area contributed by atoms with E-state index in [0.29, 0.717) is 15.6 Å². The molecular formula is C14H17Cl2NO3Si. The van der Waals surface area contributed by atoms with Gasteiger partial charge < -0.3 is 14.9 Å². The molecule has 1 aromatic rings. The smallest absolute Gasteiger partial charge is 0.249 e. The van der Waals surface area contributed by atoms with E-state index in [2.05, 4.69) is 0 Å². The molecule has 0 bridgehead atoms. The molecule has 1 atom stereocenters. The zero-order valence-electron chi connectivity index (χ0n) is 12.3. The maximum absolute atomic E-state index is 12.7. The lowest BCUT2D eigenvalue weighted by molar-refractivity contribution is -0.131. The molecule has 0 fully saturated rings. The molecule has 1 unspecified atom stereocenters. The Morgan fingerprint density at radius 1 is 1.24 bits per heavy atom. The summed E-state index contributed by atoms with van der Waals surface area (Å²) in [5, 5.41) is 0.695. The fraction of sp³-hybridized carbons (Fsp3) is 0.357. The highest BCUT2D eigenvalue weighted by molar-refractivity contribution is 6.70. The van der Waals surface area contributed by atoms with E-state index in [1.807, 2.05) is 19.6 Å². The van der Waals surface area contributed by atoms with Crippen molar-refractivity contribution >= 4 is 37.3 Å². The first kappa shape index (κ1) is 16.2. The molecule has 1 aromatic carbocycles. The molecule has 21 heavy (non-hydrogen) atoms. The van der Waals surface area contributed by atoms with E-state index in [1.165, 1.54) is 0 Å². The first-order chi connectivity index (χ1) is 9.56. The van der Waals surface area contributed by atoms with Gasteiger partial charge in [-0.15, -0.1) is 0 Å². The minimum atomic E-state index is -2.00. The first-order valence-corrected chi connectivity index (χ1v) is 10.6. The van der Waals surface area contributed by atoms with Gasteiger partial charge in [0.05, 0.1) is 0 Å². The van der Waals surface area contributed by atoms with E-state index in [-0.39, 0.29) is 17.4 Å². The number of nitrogens with two attached hydrogens (primary N) is 1. The Bertz CT molecular complexity index is 619. The van der Waals surface area contributed by atoms with E-state index in [4.69, 9.17) is 38.1 Å². The van der Waals surface area contributed by atoms with Crippen LogP contribution < -0.4 is 5.73 Å². The predicted molar refractivity (Wildman–Crippen MR) is 85.6 cm³/mol. The van der Waals surface area contributed by atoms with Gasteiger partial charge >= 0.3 is 0 Å². The van der Waals surface area contributed by atoms with Crippen molar-refractivity contribution in [1.82, 2.24) is 0 Å². The van der Waals surface area contributed by atoms with Gasteiger partial charge in [0.25, 0.3) is 0 Å². The molecule has 0 aliphatic carbocycles. The third-order valence-electron chi connectivity index (χ3n) is 3.03. The number of carbonyl (C=O) groups excluding carboxylic acids is 1. The molecular weight excluding hydrogens is 329 g/mol. The highest BCUT2D eigenvalue weighted by atomic mass is 35.5. The van der Waals surface area contributed by atoms with E-state index in [1.54, 1.807) is 25.1 Å². The second-order valence-corrected chi connectivity index (χ2v) is 11.2. The second-order valence-electron chi connectivity index (χ2n) is 5.97. The molecule has 4 nitrogen and oxygen atoms in total. The number of benzene rings is 1. The molecule has 0 aromatic heterocycles. The van der Waals surface area contributed by atoms with Gasteiger partial charge in [-0.2, -0.15) is 0 Å². The van der Waals surface area contributed by atoms with Crippen molar-refractivity contribution in [3.63, 3.8) is 0 Å². The third-order valence-corrected chi connectivity index (χ3v) is 4.47. The van der Waals surface area contributed by atoms with Crippen LogP contribution in [-0.4, -0.2) is 14.1 Å². The van der Waals surface area contributed by atoms with Gasteiger partial charge in [-0.1, -0.05) is 29.3 Å². The Kier molecular flexibility index (Phi) is 4.03. The monoisotopic (exact) mass is 345 g/mol. The van der Waals surface area contributed by atoms with Crippen LogP contribution in [0.2, 0.25) is 29.7 Å². The van der Waals surface area contributed by atoms with E-state index < -0.39 is 13.9 Å². The highest BCUT2D eigenvalue weighted by Gasteiger charge is 2.50. The van der Waals surface area contributed by atoms with Crippen LogP contribution in [0, 0.1) is 0 Å². The predicted octanol–water partition coefficient (Wildman–Crippen LogP) is 3.79. The number of hydrogen-bond donors (Lipinski definition) is 1. The van der Waals surface area contributed by atoms with Crippen LogP contribution in [0.3, 0.4) is 0 Å². The summed E-state index contributed by atoms with van der Waals surface area (Å²) in [6.45, 7) is 7.46. The van der Waals surface area contributed by atoms with Crippen molar-refractivity contribution in [1.29, 1.82) is 0 Å². The summed E-state index contributed by atoms with van der Waals surface area (Å²) in [6, 6.07) is 5.00. The SMILES string of the molecule is CC1(c2c(Cl)cccc2Cl)OC(N)=C(O[Si](C)(C)C)C1=O. The molecule has 1 heterocycles. The minimum absolute atomic E-state index is 0.0269. The Hall–Kier alpha value is -1.17. The first-order valence-electron chi connectivity index (χ1n) is 6.43. The van der Waals surface area contributed by atoms with Crippen molar-refractivity contribution in [2.24, 2.45) is 5.73 Å². The van der Waals surface area contributed by atoms with Crippen molar-refractivity contribution < 1.29 is 14.0 Å². The number of ether oxygens (including phenoxy) is 1. The molecule has 1 aliphatic heterocycles. The van der Waals surface area contributed by atoms with E-state index in [9.17, 15) is 4.79 Å². The number of Topliss-reactive ketones (excluding diaryl/α,β-unsaturated/α-hetero) is 1. The summed E-state index contributed by atoms with van der Waals surface area (Å²) < 4.78 is 11.4. The van der Waals surface area contributed by atoms with Crippen molar-refractivity contribution in [2.45, 2.75) is 32.2 Å². The lowest BCUT2D eigenvalue weighted by Gasteiger charge is -2.25. The van der Waals surface area contributed by atoms with Crippen LogP contribution in [0.15, 0.2) is 29.8 Å². The topological polar surface area (TPSA) is 61.6 Å². The van der Waals surface area contributed by atoms with Crippen molar-refractivity contribution in [2.75, 3.05) is 0 Å². The second kappa shape index (κ2) is 5.23. The Balaban J connectivity index is 2.47. The largest absolute Gasteiger partial charge is 0.538 e. The number of carbonyl (C=O) groups is 1. The van der Waals surface area contributed by atoms with Gasteiger partial charge in [-0.3, -0.25) is 4.79 Å². The average molecular weight is 346 g/mol. The van der Waals surface area contributed by atoms with Crippen LogP contribution in [0.4, 0.5) is 0 Å². The number of hydrogen-bond acceptors (Lipinski definition) is 4. The molecule has 2 N–H and O–H groups in total. The van der Waals surface area contributed by atoms with E-state index in [0.717, 1.165) is 0 Å². The molecule has 0 saturated heterocycles. The summed E-state index contributed by atoms with van der Waals surface area (Å²) >= 11 is 12.4. The zero-order chi connectivity index (χ0) is 16.0. The standard InChI is InChI=1S/C14H17Cl2NO3Si/c1-14(10-8(15)6-5-7-9(10)16)12(18)11(13(17)19-14)20-21(2,3)4/h5-7H,17H2,1-4H3. The molecule has 0 saturated carbocycles. The molecule has 7 heteroatoms. The number of halogens is 2. The quantitative estimate of drug-likeness (QED) is 0.846. The van der Waals surface area contributed by atoms with Gasteiger partial charge in [0, 0.05) is 15.6 Å². The summed E-state index contributed by atoms with van der Waals surface area (Å²) in [7, 11) is -2.00. The van der Waals surface area contributed by atoms with Gasteiger partial charge in [-0.05, 0) is 38.7 Å². The molecule has 114 valence electrons. The normalized spacial score (nSPS) is 22.5.